The first-order valence-electron chi connectivity index (χ1n) is 13.1. The van der Waals surface area contributed by atoms with Gasteiger partial charge in [0, 0.05) is 43.2 Å². The summed E-state index contributed by atoms with van der Waals surface area (Å²) < 4.78 is 4.96. The number of ether oxygens (including phenoxy) is 1. The average Bonchev–Trinajstić information content (AvgIpc) is 3.28. The first kappa shape index (κ1) is 28.0. The van der Waals surface area contributed by atoms with Gasteiger partial charge in [0.05, 0.1) is 19.6 Å². The van der Waals surface area contributed by atoms with Gasteiger partial charge in [-0.15, -0.1) is 0 Å². The van der Waals surface area contributed by atoms with Gasteiger partial charge in [-0.05, 0) is 43.4 Å². The molecular formula is C30H39N3O4. The highest BCUT2D eigenvalue weighted by molar-refractivity contribution is 5.87. The second-order valence-electron chi connectivity index (χ2n) is 9.88. The van der Waals surface area contributed by atoms with Gasteiger partial charge < -0.3 is 19.5 Å². The second kappa shape index (κ2) is 13.6. The summed E-state index contributed by atoms with van der Waals surface area (Å²) in [7, 11) is 0. The number of fused-ring (bicyclic) bond motifs is 1. The molecule has 0 aliphatic carbocycles. The highest BCUT2D eigenvalue weighted by Crippen LogP contribution is 2.19. The SMILES string of the molecule is CCOC(=O)CCC(=O)N(CC(=O)N(CCc1c[nH]c2ccccc12)Cc1ccc(C)cc1)CC(C)C. The van der Waals surface area contributed by atoms with Crippen molar-refractivity contribution in [1.29, 1.82) is 0 Å². The summed E-state index contributed by atoms with van der Waals surface area (Å²) in [6.45, 7) is 9.51. The summed E-state index contributed by atoms with van der Waals surface area (Å²) in [4.78, 5) is 45.1. The number of amides is 2. The standard InChI is InChI=1S/C30H39N3O4/c1-5-37-30(36)15-14-28(34)33(19-22(2)3)21-29(35)32(20-24-12-10-23(4)11-13-24)17-16-25-18-31-27-9-7-6-8-26(25)27/h6-13,18,22,31H,5,14-17,19-21H2,1-4H3. The smallest absolute Gasteiger partial charge is 0.306 e. The molecule has 1 aromatic heterocycles. The van der Waals surface area contributed by atoms with Crippen LogP contribution in [-0.2, 0) is 32.1 Å². The molecule has 37 heavy (non-hydrogen) atoms. The molecule has 198 valence electrons. The number of H-pyrrole nitrogens is 1. The van der Waals surface area contributed by atoms with Crippen LogP contribution in [0.4, 0.5) is 0 Å². The van der Waals surface area contributed by atoms with Crippen molar-refractivity contribution < 1.29 is 19.1 Å². The van der Waals surface area contributed by atoms with Gasteiger partial charge in [0.25, 0.3) is 0 Å². The Morgan fingerprint density at radius 1 is 0.946 bits per heavy atom. The van der Waals surface area contributed by atoms with Crippen molar-refractivity contribution in [3.05, 3.63) is 71.4 Å². The second-order valence-corrected chi connectivity index (χ2v) is 9.88. The number of aromatic nitrogens is 1. The summed E-state index contributed by atoms with van der Waals surface area (Å²) in [5, 5.41) is 1.15. The van der Waals surface area contributed by atoms with Crippen LogP contribution in [0, 0.1) is 12.8 Å². The first-order chi connectivity index (χ1) is 17.8. The van der Waals surface area contributed by atoms with E-state index in [4.69, 9.17) is 4.74 Å². The Labute approximate surface area is 219 Å². The fraction of sp³-hybridized carbons (Fsp3) is 0.433. The summed E-state index contributed by atoms with van der Waals surface area (Å²) in [5.41, 5.74) is 4.43. The zero-order valence-corrected chi connectivity index (χ0v) is 22.5. The van der Waals surface area contributed by atoms with Crippen LogP contribution in [0.25, 0.3) is 10.9 Å². The van der Waals surface area contributed by atoms with Crippen LogP contribution < -0.4 is 0 Å². The maximum atomic E-state index is 13.6. The minimum atomic E-state index is -0.397. The largest absolute Gasteiger partial charge is 0.466 e. The average molecular weight is 506 g/mol. The monoisotopic (exact) mass is 505 g/mol. The van der Waals surface area contributed by atoms with Crippen LogP contribution in [-0.4, -0.2) is 58.8 Å². The van der Waals surface area contributed by atoms with Gasteiger partial charge in [-0.25, -0.2) is 0 Å². The van der Waals surface area contributed by atoms with Gasteiger partial charge in [0.1, 0.15) is 0 Å². The van der Waals surface area contributed by atoms with Crippen molar-refractivity contribution in [2.24, 2.45) is 5.92 Å². The number of aromatic amines is 1. The van der Waals surface area contributed by atoms with Crippen molar-refractivity contribution in [2.45, 2.75) is 53.5 Å². The third kappa shape index (κ3) is 8.48. The molecule has 0 unspecified atom stereocenters. The van der Waals surface area contributed by atoms with E-state index in [0.717, 1.165) is 27.6 Å². The molecule has 0 saturated heterocycles. The Kier molecular flexibility index (Phi) is 10.3. The molecule has 3 rings (SSSR count). The molecule has 3 aromatic rings. The predicted octanol–water partition coefficient (Wildman–Crippen LogP) is 4.88. The van der Waals surface area contributed by atoms with Crippen molar-refractivity contribution in [3.63, 3.8) is 0 Å². The summed E-state index contributed by atoms with van der Waals surface area (Å²) in [6, 6.07) is 16.3. The fourth-order valence-electron chi connectivity index (χ4n) is 4.36. The van der Waals surface area contributed by atoms with E-state index in [1.807, 2.05) is 74.3 Å². The molecule has 0 aliphatic rings. The van der Waals surface area contributed by atoms with E-state index >= 15 is 0 Å². The lowest BCUT2D eigenvalue weighted by atomic mass is 10.1. The van der Waals surface area contributed by atoms with E-state index < -0.39 is 5.97 Å². The molecule has 7 heteroatoms. The maximum Gasteiger partial charge on any atom is 0.306 e. The molecule has 1 heterocycles. The van der Waals surface area contributed by atoms with Crippen molar-refractivity contribution >= 4 is 28.7 Å². The van der Waals surface area contributed by atoms with Gasteiger partial charge in [-0.1, -0.05) is 61.9 Å². The molecule has 0 atom stereocenters. The maximum absolute atomic E-state index is 13.6. The van der Waals surface area contributed by atoms with Crippen LogP contribution in [0.15, 0.2) is 54.7 Å². The van der Waals surface area contributed by atoms with Crippen LogP contribution in [0.3, 0.4) is 0 Å². The van der Waals surface area contributed by atoms with Crippen LogP contribution in [0.1, 0.15) is 50.3 Å². The number of carbonyl (C=O) groups excluding carboxylic acids is 3. The van der Waals surface area contributed by atoms with Crippen LogP contribution in [0.2, 0.25) is 0 Å². The van der Waals surface area contributed by atoms with Gasteiger partial charge in [-0.3, -0.25) is 14.4 Å². The number of nitrogens with zero attached hydrogens (tertiary/aromatic N) is 2. The van der Waals surface area contributed by atoms with Crippen molar-refractivity contribution in [1.82, 2.24) is 14.8 Å². The molecule has 2 aromatic carbocycles. The Morgan fingerprint density at radius 3 is 2.38 bits per heavy atom. The molecule has 0 fully saturated rings. The Balaban J connectivity index is 1.74. The van der Waals surface area contributed by atoms with Gasteiger partial charge in [0.15, 0.2) is 0 Å². The van der Waals surface area contributed by atoms with E-state index in [-0.39, 0.29) is 43.7 Å². The van der Waals surface area contributed by atoms with Gasteiger partial charge >= 0.3 is 5.97 Å². The van der Waals surface area contributed by atoms with Crippen molar-refractivity contribution in [2.75, 3.05) is 26.2 Å². The van der Waals surface area contributed by atoms with E-state index in [2.05, 4.69) is 11.1 Å². The molecular weight excluding hydrogens is 466 g/mol. The molecule has 0 saturated carbocycles. The fourth-order valence-corrected chi connectivity index (χ4v) is 4.36. The number of carbonyl (C=O) groups is 3. The lowest BCUT2D eigenvalue weighted by Crippen LogP contribution is -2.44. The van der Waals surface area contributed by atoms with E-state index in [0.29, 0.717) is 26.1 Å². The topological polar surface area (TPSA) is 82.7 Å². The molecule has 2 amide bonds. The zero-order chi connectivity index (χ0) is 26.8. The Bertz CT molecular complexity index is 1180. The summed E-state index contributed by atoms with van der Waals surface area (Å²) in [6.07, 6.45) is 2.75. The third-order valence-electron chi connectivity index (χ3n) is 6.29. The van der Waals surface area contributed by atoms with Gasteiger partial charge in [-0.2, -0.15) is 0 Å². The molecule has 0 bridgehead atoms. The predicted molar refractivity (Wildman–Crippen MR) is 146 cm³/mol. The highest BCUT2D eigenvalue weighted by Gasteiger charge is 2.23. The summed E-state index contributed by atoms with van der Waals surface area (Å²) in [5.74, 6) is -0.518. The number of nitrogens with one attached hydrogen (secondary N) is 1. The molecule has 0 radical (unpaired) electrons. The lowest BCUT2D eigenvalue weighted by Gasteiger charge is -2.29. The van der Waals surface area contributed by atoms with Crippen LogP contribution in [0.5, 0.6) is 0 Å². The number of esters is 1. The number of hydrogen-bond acceptors (Lipinski definition) is 4. The zero-order valence-electron chi connectivity index (χ0n) is 22.5. The number of para-hydroxylation sites is 1. The molecule has 0 spiro atoms. The number of benzene rings is 2. The minimum absolute atomic E-state index is 0.0143. The highest BCUT2D eigenvalue weighted by atomic mass is 16.5. The Morgan fingerprint density at radius 2 is 1.68 bits per heavy atom. The number of hydrogen-bond donors (Lipinski definition) is 1. The number of aryl methyl sites for hydroxylation is 1. The van der Waals surface area contributed by atoms with E-state index in [9.17, 15) is 14.4 Å². The normalized spacial score (nSPS) is 11.1. The minimum Gasteiger partial charge on any atom is -0.466 e. The molecule has 0 aliphatic heterocycles. The third-order valence-corrected chi connectivity index (χ3v) is 6.29. The van der Waals surface area contributed by atoms with Gasteiger partial charge in [0.2, 0.25) is 11.8 Å². The Hall–Kier alpha value is -3.61. The lowest BCUT2D eigenvalue weighted by molar-refractivity contribution is -0.146. The summed E-state index contributed by atoms with van der Waals surface area (Å²) >= 11 is 0. The quantitative estimate of drug-likeness (QED) is 0.336. The first-order valence-corrected chi connectivity index (χ1v) is 13.1. The van der Waals surface area contributed by atoms with Crippen molar-refractivity contribution in [3.8, 4) is 0 Å². The molecule has 7 nitrogen and oxygen atoms in total. The molecule has 1 N–H and O–H groups in total. The van der Waals surface area contributed by atoms with E-state index in [1.54, 1.807) is 11.8 Å². The number of rotatable bonds is 13. The van der Waals surface area contributed by atoms with E-state index in [1.165, 1.54) is 0 Å². The van der Waals surface area contributed by atoms with Crippen LogP contribution >= 0.6 is 0 Å².